The SMILES string of the molecule is COc1cccc(C(c2nnnn2-c2c(C)cccc2C)N2CCN(C/C=C/c3ccccc3)CC2)c1. The second kappa shape index (κ2) is 11.5. The highest BCUT2D eigenvalue weighted by molar-refractivity contribution is 5.49. The van der Waals surface area contributed by atoms with Gasteiger partial charge in [-0.05, 0) is 58.7 Å². The van der Waals surface area contributed by atoms with Crippen LogP contribution in [-0.2, 0) is 0 Å². The largest absolute Gasteiger partial charge is 0.497 e. The zero-order valence-electron chi connectivity index (χ0n) is 21.8. The van der Waals surface area contributed by atoms with Gasteiger partial charge < -0.3 is 4.74 Å². The summed E-state index contributed by atoms with van der Waals surface area (Å²) in [6, 6.07) is 24.9. The minimum absolute atomic E-state index is 0.0916. The lowest BCUT2D eigenvalue weighted by atomic mass is 10.0. The molecule has 2 heterocycles. The number of benzene rings is 3. The van der Waals surface area contributed by atoms with Gasteiger partial charge in [-0.3, -0.25) is 9.80 Å². The van der Waals surface area contributed by atoms with Gasteiger partial charge in [0.15, 0.2) is 5.82 Å². The standard InChI is InChI=1S/C30H34N6O/c1-23-10-7-11-24(2)28(23)36-30(31-32-33-36)29(26-15-8-16-27(22-26)37-3)35-20-18-34(19-21-35)17-9-14-25-12-5-4-6-13-25/h4-16,22,29H,17-21H2,1-3H3/b14-9+. The van der Waals surface area contributed by atoms with Crippen LogP contribution in [0.1, 0.15) is 34.1 Å². The molecule has 3 aromatic carbocycles. The van der Waals surface area contributed by atoms with E-state index in [1.54, 1.807) is 7.11 Å². The highest BCUT2D eigenvalue weighted by Gasteiger charge is 2.31. The van der Waals surface area contributed by atoms with Crippen LogP contribution in [0.2, 0.25) is 0 Å². The Kier molecular flexibility index (Phi) is 7.73. The van der Waals surface area contributed by atoms with E-state index < -0.39 is 0 Å². The molecule has 0 radical (unpaired) electrons. The van der Waals surface area contributed by atoms with Crippen molar-refractivity contribution in [3.63, 3.8) is 0 Å². The third-order valence-corrected chi connectivity index (χ3v) is 7.04. The summed E-state index contributed by atoms with van der Waals surface area (Å²) in [7, 11) is 1.70. The number of ether oxygens (including phenoxy) is 1. The fourth-order valence-corrected chi connectivity index (χ4v) is 5.10. The highest BCUT2D eigenvalue weighted by Crippen LogP contribution is 2.32. The van der Waals surface area contributed by atoms with Crippen molar-refractivity contribution in [1.82, 2.24) is 30.0 Å². The molecule has 0 saturated carbocycles. The predicted octanol–water partition coefficient (Wildman–Crippen LogP) is 4.71. The Labute approximate surface area is 219 Å². The molecule has 0 spiro atoms. The molecule has 1 aliphatic rings. The molecule has 7 nitrogen and oxygen atoms in total. The van der Waals surface area contributed by atoms with E-state index in [0.29, 0.717) is 0 Å². The van der Waals surface area contributed by atoms with Gasteiger partial charge in [0.25, 0.3) is 0 Å². The fraction of sp³-hybridized carbons (Fsp3) is 0.300. The molecule has 37 heavy (non-hydrogen) atoms. The number of aryl methyl sites for hydroxylation is 2. The van der Waals surface area contributed by atoms with Crippen LogP contribution in [0.5, 0.6) is 5.75 Å². The molecule has 0 bridgehead atoms. The first-order valence-electron chi connectivity index (χ1n) is 12.8. The Balaban J connectivity index is 1.41. The lowest BCUT2D eigenvalue weighted by Gasteiger charge is -2.38. The van der Waals surface area contributed by atoms with Crippen molar-refractivity contribution in [3.8, 4) is 11.4 Å². The van der Waals surface area contributed by atoms with Crippen molar-refractivity contribution in [2.75, 3.05) is 39.8 Å². The molecule has 5 rings (SSSR count). The summed E-state index contributed by atoms with van der Waals surface area (Å²) in [6.07, 6.45) is 4.45. The topological polar surface area (TPSA) is 59.3 Å². The average Bonchev–Trinajstić information content (AvgIpc) is 3.39. The van der Waals surface area contributed by atoms with Crippen LogP contribution in [0.3, 0.4) is 0 Å². The van der Waals surface area contributed by atoms with Crippen LogP contribution in [-0.4, -0.2) is 69.8 Å². The van der Waals surface area contributed by atoms with E-state index in [4.69, 9.17) is 4.74 Å². The first-order chi connectivity index (χ1) is 18.1. The van der Waals surface area contributed by atoms with E-state index in [1.165, 1.54) is 5.56 Å². The number of tetrazole rings is 1. The molecule has 1 fully saturated rings. The first-order valence-corrected chi connectivity index (χ1v) is 12.8. The summed E-state index contributed by atoms with van der Waals surface area (Å²) in [6.45, 7) is 8.94. The van der Waals surface area contributed by atoms with Crippen LogP contribution in [0, 0.1) is 13.8 Å². The molecule has 1 aromatic heterocycles. The van der Waals surface area contributed by atoms with Crippen LogP contribution in [0.15, 0.2) is 78.9 Å². The third kappa shape index (κ3) is 5.63. The van der Waals surface area contributed by atoms with Gasteiger partial charge in [0.2, 0.25) is 0 Å². The van der Waals surface area contributed by atoms with Crippen molar-refractivity contribution < 1.29 is 4.74 Å². The Bertz CT molecular complexity index is 1320. The van der Waals surface area contributed by atoms with Crippen LogP contribution in [0.25, 0.3) is 11.8 Å². The second-order valence-corrected chi connectivity index (χ2v) is 9.52. The Morgan fingerprint density at radius 3 is 2.35 bits per heavy atom. The third-order valence-electron chi connectivity index (χ3n) is 7.04. The predicted molar refractivity (Wildman–Crippen MR) is 147 cm³/mol. The maximum Gasteiger partial charge on any atom is 0.178 e. The molecule has 7 heteroatoms. The van der Waals surface area contributed by atoms with E-state index in [-0.39, 0.29) is 6.04 Å². The minimum atomic E-state index is -0.0916. The Morgan fingerprint density at radius 1 is 0.892 bits per heavy atom. The van der Waals surface area contributed by atoms with E-state index in [9.17, 15) is 0 Å². The van der Waals surface area contributed by atoms with Gasteiger partial charge >= 0.3 is 0 Å². The zero-order valence-corrected chi connectivity index (χ0v) is 21.8. The second-order valence-electron chi connectivity index (χ2n) is 9.52. The Morgan fingerprint density at radius 2 is 1.62 bits per heavy atom. The summed E-state index contributed by atoms with van der Waals surface area (Å²) in [4.78, 5) is 4.98. The van der Waals surface area contributed by atoms with Crippen molar-refractivity contribution >= 4 is 6.08 Å². The highest BCUT2D eigenvalue weighted by atomic mass is 16.5. The lowest BCUT2D eigenvalue weighted by Crippen LogP contribution is -2.48. The number of hydrogen-bond acceptors (Lipinski definition) is 6. The van der Waals surface area contributed by atoms with Gasteiger partial charge in [-0.1, -0.05) is 72.8 Å². The minimum Gasteiger partial charge on any atom is -0.497 e. The summed E-state index contributed by atoms with van der Waals surface area (Å²) in [5.74, 6) is 1.65. The van der Waals surface area contributed by atoms with Gasteiger partial charge in [-0.25, -0.2) is 0 Å². The number of rotatable bonds is 8. The molecule has 4 aromatic rings. The van der Waals surface area contributed by atoms with Crippen molar-refractivity contribution in [2.45, 2.75) is 19.9 Å². The molecule has 0 aliphatic carbocycles. The van der Waals surface area contributed by atoms with Gasteiger partial charge in [-0.2, -0.15) is 4.68 Å². The molecule has 190 valence electrons. The maximum absolute atomic E-state index is 5.57. The molecular formula is C30H34N6O. The van der Waals surface area contributed by atoms with Crippen LogP contribution in [0.4, 0.5) is 0 Å². The van der Waals surface area contributed by atoms with Gasteiger partial charge in [-0.15, -0.1) is 5.10 Å². The molecule has 0 amide bonds. The normalized spacial score (nSPS) is 15.8. The summed E-state index contributed by atoms with van der Waals surface area (Å²) in [5.41, 5.74) is 5.69. The van der Waals surface area contributed by atoms with E-state index >= 15 is 0 Å². The summed E-state index contributed by atoms with van der Waals surface area (Å²) in [5, 5.41) is 13.2. The number of aromatic nitrogens is 4. The number of para-hydroxylation sites is 1. The van der Waals surface area contributed by atoms with E-state index in [1.807, 2.05) is 22.9 Å². The monoisotopic (exact) mass is 494 g/mol. The molecule has 0 N–H and O–H groups in total. The number of nitrogens with zero attached hydrogens (tertiary/aromatic N) is 6. The van der Waals surface area contributed by atoms with Crippen molar-refractivity contribution in [2.24, 2.45) is 0 Å². The summed E-state index contributed by atoms with van der Waals surface area (Å²) < 4.78 is 7.49. The van der Waals surface area contributed by atoms with E-state index in [2.05, 4.69) is 106 Å². The number of methoxy groups -OCH3 is 1. The summed E-state index contributed by atoms with van der Waals surface area (Å²) >= 11 is 0. The molecule has 1 saturated heterocycles. The zero-order chi connectivity index (χ0) is 25.6. The van der Waals surface area contributed by atoms with Crippen LogP contribution >= 0.6 is 0 Å². The van der Waals surface area contributed by atoms with Gasteiger partial charge in [0, 0.05) is 32.7 Å². The lowest BCUT2D eigenvalue weighted by molar-refractivity contribution is 0.113. The van der Waals surface area contributed by atoms with Gasteiger partial charge in [0.05, 0.1) is 18.8 Å². The average molecular weight is 495 g/mol. The first kappa shape index (κ1) is 24.9. The van der Waals surface area contributed by atoms with Crippen molar-refractivity contribution in [3.05, 3.63) is 107 Å². The number of hydrogen-bond donors (Lipinski definition) is 0. The van der Waals surface area contributed by atoms with E-state index in [0.717, 1.165) is 66.7 Å². The van der Waals surface area contributed by atoms with Crippen LogP contribution < -0.4 is 4.74 Å². The number of piperazine rings is 1. The molecular weight excluding hydrogens is 460 g/mol. The molecule has 1 atom stereocenters. The fourth-order valence-electron chi connectivity index (χ4n) is 5.10. The van der Waals surface area contributed by atoms with Gasteiger partial charge in [0.1, 0.15) is 5.75 Å². The molecule has 1 unspecified atom stereocenters. The smallest absolute Gasteiger partial charge is 0.178 e. The maximum atomic E-state index is 5.57. The quantitative estimate of drug-likeness (QED) is 0.354. The van der Waals surface area contributed by atoms with Crippen molar-refractivity contribution in [1.29, 1.82) is 0 Å². The Hall–Kier alpha value is -3.81. The molecule has 1 aliphatic heterocycles.